The Morgan fingerprint density at radius 2 is 1.34 bits per heavy atom. The van der Waals surface area contributed by atoms with Gasteiger partial charge in [-0.3, -0.25) is 4.79 Å². The molecule has 4 aromatic heterocycles. The number of esters is 1. The van der Waals surface area contributed by atoms with Gasteiger partial charge in [0.2, 0.25) is 0 Å². The molecule has 184 valence electrons. The molecule has 4 heterocycles. The lowest BCUT2D eigenvalue weighted by Gasteiger charge is -2.16. The van der Waals surface area contributed by atoms with Crippen LogP contribution in [0.25, 0.3) is 20.4 Å². The molecule has 4 rings (SSSR count). The predicted octanol–water partition coefficient (Wildman–Crippen LogP) is 5.54. The molecule has 1 amide bonds. The smallest absolute Gasteiger partial charge is 0.350 e. The molecule has 0 saturated carbocycles. The van der Waals surface area contributed by atoms with E-state index in [1.54, 1.807) is 14.0 Å². The van der Waals surface area contributed by atoms with Crippen molar-refractivity contribution in [1.29, 1.82) is 0 Å². The maximum atomic E-state index is 13.1. The molecular formula is C23H23Cl2N5O3S2. The number of carbonyl (C=O) groups excluding carboxylic acids is 2. The van der Waals surface area contributed by atoms with Crippen LogP contribution in [-0.2, 0) is 4.74 Å². The van der Waals surface area contributed by atoms with Gasteiger partial charge in [-0.2, -0.15) is 0 Å². The first-order chi connectivity index (χ1) is 16.4. The van der Waals surface area contributed by atoms with Crippen LogP contribution in [0.5, 0.6) is 0 Å². The topological polar surface area (TPSA) is 124 Å². The molecule has 0 aliphatic rings. The van der Waals surface area contributed by atoms with Crippen LogP contribution in [0.4, 0.5) is 11.4 Å². The van der Waals surface area contributed by atoms with Gasteiger partial charge >= 0.3 is 5.97 Å². The number of nitrogens with zero attached hydrogens (tertiary/aromatic N) is 3. The van der Waals surface area contributed by atoms with Crippen LogP contribution in [0.3, 0.4) is 0 Å². The number of carbonyl (C=O) groups is 2. The second-order valence-corrected chi connectivity index (χ2v) is 10.9. The van der Waals surface area contributed by atoms with Crippen molar-refractivity contribution < 1.29 is 14.3 Å². The fourth-order valence-electron chi connectivity index (χ4n) is 3.84. The van der Waals surface area contributed by atoms with Gasteiger partial charge in [-0.25, -0.2) is 14.8 Å². The van der Waals surface area contributed by atoms with Crippen molar-refractivity contribution in [3.05, 3.63) is 42.3 Å². The number of likely N-dealkylation sites (N-methyl/N-ethyl adjacent to an activating group) is 1. The van der Waals surface area contributed by atoms with Gasteiger partial charge in [0.25, 0.3) is 5.91 Å². The van der Waals surface area contributed by atoms with Gasteiger partial charge in [-0.1, -0.05) is 23.2 Å². The highest BCUT2D eigenvalue weighted by molar-refractivity contribution is 7.21. The molecule has 0 bridgehead atoms. The van der Waals surface area contributed by atoms with E-state index in [-0.39, 0.29) is 23.9 Å². The summed E-state index contributed by atoms with van der Waals surface area (Å²) in [6, 6.07) is 0. The Morgan fingerprint density at radius 3 is 1.86 bits per heavy atom. The fraction of sp³-hybridized carbons (Fsp3) is 0.304. The summed E-state index contributed by atoms with van der Waals surface area (Å²) in [5, 5.41) is 2.40. The number of pyridine rings is 2. The van der Waals surface area contributed by atoms with Crippen LogP contribution >= 0.6 is 45.9 Å². The number of aryl methyl sites for hydroxylation is 4. The van der Waals surface area contributed by atoms with E-state index in [0.29, 0.717) is 58.1 Å². The van der Waals surface area contributed by atoms with Crippen molar-refractivity contribution in [1.82, 2.24) is 14.9 Å². The van der Waals surface area contributed by atoms with Crippen LogP contribution in [-0.4, -0.2) is 46.9 Å². The van der Waals surface area contributed by atoms with Gasteiger partial charge < -0.3 is 21.1 Å². The predicted molar refractivity (Wildman–Crippen MR) is 144 cm³/mol. The SMILES string of the molecule is Cc1nc2sc(C(=O)OCCN(C)C(=O)c3sc4nc(C)c(Cl)c(C)c4c3N)c(N)c2c(C)c1Cl. The number of fused-ring (bicyclic) bond motifs is 2. The van der Waals surface area contributed by atoms with Gasteiger partial charge in [-0.15, -0.1) is 22.7 Å². The summed E-state index contributed by atoms with van der Waals surface area (Å²) in [4.78, 5) is 38.0. The average Bonchev–Trinajstić information content (AvgIpc) is 3.31. The Labute approximate surface area is 219 Å². The zero-order valence-electron chi connectivity index (χ0n) is 19.7. The molecular weight excluding hydrogens is 529 g/mol. The number of nitrogens with two attached hydrogens (primary N) is 2. The van der Waals surface area contributed by atoms with E-state index >= 15 is 0 Å². The molecule has 0 unspecified atom stereocenters. The molecule has 4 N–H and O–H groups in total. The van der Waals surface area contributed by atoms with E-state index in [1.165, 1.54) is 16.2 Å². The molecule has 4 aromatic rings. The molecule has 8 nitrogen and oxygen atoms in total. The maximum Gasteiger partial charge on any atom is 0.350 e. The lowest BCUT2D eigenvalue weighted by Crippen LogP contribution is -2.30. The number of hydrogen-bond acceptors (Lipinski definition) is 9. The van der Waals surface area contributed by atoms with E-state index in [4.69, 9.17) is 39.4 Å². The van der Waals surface area contributed by atoms with E-state index in [0.717, 1.165) is 22.5 Å². The standard InChI is InChI=1S/C23H23Cl2N5O3S2/c1-8-12-16(26)18(34-20(12)28-10(3)14(8)24)22(31)30(5)6-7-33-23(32)19-17(27)13-9(2)15(25)11(4)29-21(13)35-19/h6-7,26-27H2,1-5H3. The maximum absolute atomic E-state index is 13.1. The van der Waals surface area contributed by atoms with Crippen LogP contribution in [0, 0.1) is 27.7 Å². The summed E-state index contributed by atoms with van der Waals surface area (Å²) in [6.45, 7) is 7.44. The first-order valence-corrected chi connectivity index (χ1v) is 12.9. The van der Waals surface area contributed by atoms with E-state index in [1.807, 2.05) is 20.8 Å². The number of rotatable bonds is 5. The highest BCUT2D eigenvalue weighted by Gasteiger charge is 2.25. The first kappa shape index (κ1) is 25.4. The van der Waals surface area contributed by atoms with E-state index in [9.17, 15) is 9.59 Å². The van der Waals surface area contributed by atoms with Crippen molar-refractivity contribution in [2.75, 3.05) is 31.7 Å². The van der Waals surface area contributed by atoms with Gasteiger partial charge in [0, 0.05) is 17.8 Å². The molecule has 0 aliphatic heterocycles. The highest BCUT2D eigenvalue weighted by Crippen LogP contribution is 2.39. The second kappa shape index (κ2) is 9.42. The van der Waals surface area contributed by atoms with E-state index < -0.39 is 5.97 Å². The van der Waals surface area contributed by atoms with Gasteiger partial charge in [0.15, 0.2) is 0 Å². The third-order valence-corrected chi connectivity index (χ3v) is 9.10. The monoisotopic (exact) mass is 551 g/mol. The Kier molecular flexibility index (Phi) is 6.85. The minimum absolute atomic E-state index is 0.0199. The minimum atomic E-state index is -0.578. The Morgan fingerprint density at radius 1 is 0.886 bits per heavy atom. The zero-order valence-corrected chi connectivity index (χ0v) is 22.9. The quantitative estimate of drug-likeness (QED) is 0.312. The minimum Gasteiger partial charge on any atom is -0.460 e. The summed E-state index contributed by atoms with van der Waals surface area (Å²) in [7, 11) is 1.62. The van der Waals surface area contributed by atoms with Gasteiger partial charge in [0.05, 0.1) is 39.4 Å². The highest BCUT2D eigenvalue weighted by atomic mass is 35.5. The van der Waals surface area contributed by atoms with Crippen molar-refractivity contribution in [3.8, 4) is 0 Å². The Balaban J connectivity index is 1.47. The largest absolute Gasteiger partial charge is 0.460 e. The summed E-state index contributed by atoms with van der Waals surface area (Å²) < 4.78 is 5.41. The van der Waals surface area contributed by atoms with Crippen molar-refractivity contribution in [2.45, 2.75) is 27.7 Å². The summed E-state index contributed by atoms with van der Waals surface area (Å²) in [5.41, 5.74) is 16.1. The molecule has 0 aliphatic carbocycles. The first-order valence-electron chi connectivity index (χ1n) is 10.6. The Hall–Kier alpha value is -2.66. The summed E-state index contributed by atoms with van der Waals surface area (Å²) in [5.74, 6) is -0.869. The number of thiophene rings is 2. The second-order valence-electron chi connectivity index (χ2n) is 8.19. The van der Waals surface area contributed by atoms with Crippen molar-refractivity contribution in [3.63, 3.8) is 0 Å². The zero-order chi connectivity index (χ0) is 25.8. The third kappa shape index (κ3) is 4.29. The summed E-state index contributed by atoms with van der Waals surface area (Å²) >= 11 is 15.0. The average molecular weight is 553 g/mol. The molecule has 0 radical (unpaired) electrons. The van der Waals surface area contributed by atoms with Crippen LogP contribution in [0.2, 0.25) is 10.0 Å². The number of hydrogen-bond donors (Lipinski definition) is 2. The van der Waals surface area contributed by atoms with Gasteiger partial charge in [0.1, 0.15) is 26.0 Å². The lowest BCUT2D eigenvalue weighted by atomic mass is 10.1. The van der Waals surface area contributed by atoms with Crippen molar-refractivity contribution in [2.24, 2.45) is 0 Å². The molecule has 0 spiro atoms. The summed E-state index contributed by atoms with van der Waals surface area (Å²) in [6.07, 6.45) is 0. The molecule has 0 fully saturated rings. The molecule has 0 atom stereocenters. The van der Waals surface area contributed by atoms with Crippen molar-refractivity contribution >= 4 is 89.6 Å². The molecule has 12 heteroatoms. The van der Waals surface area contributed by atoms with Crippen LogP contribution in [0.15, 0.2) is 0 Å². The number of anilines is 2. The normalized spacial score (nSPS) is 11.4. The molecule has 35 heavy (non-hydrogen) atoms. The molecule has 0 aromatic carbocycles. The van der Waals surface area contributed by atoms with Crippen LogP contribution < -0.4 is 11.5 Å². The number of ether oxygens (including phenoxy) is 1. The third-order valence-electron chi connectivity index (χ3n) is 5.82. The fourth-order valence-corrected chi connectivity index (χ4v) is 6.40. The van der Waals surface area contributed by atoms with E-state index in [2.05, 4.69) is 9.97 Å². The number of amides is 1. The molecule has 0 saturated heterocycles. The lowest BCUT2D eigenvalue weighted by molar-refractivity contribution is 0.0459. The number of aromatic nitrogens is 2. The van der Waals surface area contributed by atoms with Crippen LogP contribution in [0.1, 0.15) is 41.9 Å². The van der Waals surface area contributed by atoms with Gasteiger partial charge in [-0.05, 0) is 38.8 Å². The number of halogens is 2. The Bertz CT molecular complexity index is 1530. The number of nitrogen functional groups attached to an aromatic ring is 2.